The zero-order valence-electron chi connectivity index (χ0n) is 16.8. The summed E-state index contributed by atoms with van der Waals surface area (Å²) in [6, 6.07) is 17.4. The van der Waals surface area contributed by atoms with Crippen molar-refractivity contribution in [1.29, 1.82) is 0 Å². The quantitative estimate of drug-likeness (QED) is 0.506. The first kappa shape index (κ1) is 21.1. The summed E-state index contributed by atoms with van der Waals surface area (Å²) < 4.78 is 11.1. The van der Waals surface area contributed by atoms with Gasteiger partial charge in [0.25, 0.3) is 0 Å². The van der Waals surface area contributed by atoms with E-state index in [4.69, 9.17) is 9.39 Å². The molecule has 0 bridgehead atoms. The molecule has 0 radical (unpaired) electrons. The molecule has 1 unspecified atom stereocenters. The van der Waals surface area contributed by atoms with Crippen molar-refractivity contribution in [2.75, 3.05) is 13.7 Å². The van der Waals surface area contributed by atoms with Gasteiger partial charge in [-0.2, -0.15) is 0 Å². The summed E-state index contributed by atoms with van der Waals surface area (Å²) in [7, 11) is 0.855. The minimum absolute atomic E-state index is 0.228. The van der Waals surface area contributed by atoms with E-state index in [0.29, 0.717) is 19.3 Å². The number of phenolic OH excluding ortho intramolecular Hbond substituents is 1. The standard InChI is InChI=1S/C24H27BO4/c1-18(17-28-2)23-14-15-25(27)29-24(23)13-10-21(20-6-4-3-5-7-20)16-19-8-11-22(26)12-9-19/h3-9,11-12,14,16,24,26-27H,1,10,13,15,17H2,2H3/b21-16-. The van der Waals surface area contributed by atoms with Crippen LogP contribution in [0.1, 0.15) is 24.0 Å². The Morgan fingerprint density at radius 1 is 1.21 bits per heavy atom. The highest BCUT2D eigenvalue weighted by Crippen LogP contribution is 2.31. The zero-order chi connectivity index (χ0) is 20.6. The molecule has 0 aliphatic carbocycles. The monoisotopic (exact) mass is 390 g/mol. The third-order valence-corrected chi connectivity index (χ3v) is 4.99. The van der Waals surface area contributed by atoms with Gasteiger partial charge in [-0.15, -0.1) is 0 Å². The van der Waals surface area contributed by atoms with Gasteiger partial charge in [0.05, 0.1) is 12.7 Å². The Hall–Kier alpha value is -2.60. The van der Waals surface area contributed by atoms with Crippen molar-refractivity contribution in [3.05, 3.63) is 89.5 Å². The van der Waals surface area contributed by atoms with E-state index >= 15 is 0 Å². The maximum Gasteiger partial charge on any atom is 0.458 e. The second-order valence-corrected chi connectivity index (χ2v) is 7.18. The van der Waals surface area contributed by atoms with E-state index in [2.05, 4.69) is 24.8 Å². The van der Waals surface area contributed by atoms with Crippen LogP contribution >= 0.6 is 0 Å². The molecule has 0 spiro atoms. The predicted octanol–water partition coefficient (Wildman–Crippen LogP) is 4.72. The molecular weight excluding hydrogens is 363 g/mol. The van der Waals surface area contributed by atoms with Crippen molar-refractivity contribution in [2.24, 2.45) is 0 Å². The van der Waals surface area contributed by atoms with Gasteiger partial charge in [-0.3, -0.25) is 0 Å². The molecule has 1 atom stereocenters. The van der Waals surface area contributed by atoms with Crippen molar-refractivity contribution < 1.29 is 19.5 Å². The van der Waals surface area contributed by atoms with Gasteiger partial charge >= 0.3 is 7.12 Å². The second-order valence-electron chi connectivity index (χ2n) is 7.18. The Kier molecular flexibility index (Phi) is 7.47. The summed E-state index contributed by atoms with van der Waals surface area (Å²) in [5.41, 5.74) is 5.21. The number of allylic oxidation sites excluding steroid dienone is 2. The van der Waals surface area contributed by atoms with Gasteiger partial charge in [0.1, 0.15) is 5.75 Å². The molecule has 0 saturated heterocycles. The number of methoxy groups -OCH3 is 1. The second kappa shape index (κ2) is 10.3. The lowest BCUT2D eigenvalue weighted by Crippen LogP contribution is -2.32. The zero-order valence-corrected chi connectivity index (χ0v) is 16.8. The Balaban J connectivity index is 1.82. The van der Waals surface area contributed by atoms with Crippen LogP contribution in [0, 0.1) is 0 Å². The Morgan fingerprint density at radius 2 is 1.93 bits per heavy atom. The van der Waals surface area contributed by atoms with E-state index in [1.807, 2.05) is 36.4 Å². The molecule has 0 fully saturated rings. The van der Waals surface area contributed by atoms with E-state index < -0.39 is 7.12 Å². The number of hydrogen-bond donors (Lipinski definition) is 2. The highest BCUT2D eigenvalue weighted by molar-refractivity contribution is 6.43. The summed E-state index contributed by atoms with van der Waals surface area (Å²) >= 11 is 0. The number of hydrogen-bond acceptors (Lipinski definition) is 4. The molecule has 1 aliphatic rings. The summed E-state index contributed by atoms with van der Waals surface area (Å²) in [6.07, 6.45) is 5.84. The first-order chi connectivity index (χ1) is 14.1. The fraction of sp³-hybridized carbons (Fsp3) is 0.250. The van der Waals surface area contributed by atoms with Gasteiger partial charge in [0.2, 0.25) is 0 Å². The minimum Gasteiger partial charge on any atom is -0.508 e. The van der Waals surface area contributed by atoms with Crippen LogP contribution in [0.15, 0.2) is 78.4 Å². The highest BCUT2D eigenvalue weighted by atomic mass is 16.5. The van der Waals surface area contributed by atoms with E-state index in [-0.39, 0.29) is 11.9 Å². The first-order valence-corrected chi connectivity index (χ1v) is 9.82. The van der Waals surface area contributed by atoms with Crippen LogP contribution in [0.5, 0.6) is 5.75 Å². The molecular formula is C24H27BO4. The molecule has 2 aromatic rings. The molecule has 1 aliphatic heterocycles. The van der Waals surface area contributed by atoms with Crippen LogP contribution in [-0.2, 0) is 9.39 Å². The molecule has 0 saturated carbocycles. The highest BCUT2D eigenvalue weighted by Gasteiger charge is 2.28. The predicted molar refractivity (Wildman–Crippen MR) is 118 cm³/mol. The average molecular weight is 390 g/mol. The van der Waals surface area contributed by atoms with Crippen molar-refractivity contribution in [3.8, 4) is 5.75 Å². The molecule has 2 N–H and O–H groups in total. The van der Waals surface area contributed by atoms with Gasteiger partial charge in [-0.05, 0) is 52.8 Å². The van der Waals surface area contributed by atoms with Crippen molar-refractivity contribution in [1.82, 2.24) is 0 Å². The summed E-state index contributed by atoms with van der Waals surface area (Å²) in [4.78, 5) is 0. The van der Waals surface area contributed by atoms with Gasteiger partial charge in [-0.1, -0.05) is 61.2 Å². The normalized spacial score (nSPS) is 17.2. The molecule has 5 heteroatoms. The molecule has 2 aromatic carbocycles. The molecule has 0 amide bonds. The summed E-state index contributed by atoms with van der Waals surface area (Å²) in [6.45, 7) is 4.55. The number of ether oxygens (including phenoxy) is 1. The molecule has 3 rings (SSSR count). The summed E-state index contributed by atoms with van der Waals surface area (Å²) in [5.74, 6) is 0.249. The molecule has 1 heterocycles. The van der Waals surface area contributed by atoms with Crippen LogP contribution in [0.4, 0.5) is 0 Å². The van der Waals surface area contributed by atoms with Gasteiger partial charge < -0.3 is 19.5 Å². The van der Waals surface area contributed by atoms with Gasteiger partial charge in [-0.25, -0.2) is 0 Å². The van der Waals surface area contributed by atoms with Crippen LogP contribution in [-0.4, -0.2) is 37.1 Å². The summed E-state index contributed by atoms with van der Waals surface area (Å²) in [5, 5.41) is 19.5. The molecule has 4 nitrogen and oxygen atoms in total. The Labute approximate surface area is 173 Å². The fourth-order valence-corrected chi connectivity index (χ4v) is 3.54. The third-order valence-electron chi connectivity index (χ3n) is 4.99. The number of rotatable bonds is 8. The topological polar surface area (TPSA) is 58.9 Å². The number of phenols is 1. The van der Waals surface area contributed by atoms with Crippen molar-refractivity contribution in [3.63, 3.8) is 0 Å². The number of aromatic hydroxyl groups is 1. The SMILES string of the molecule is C=C(COC)C1=CCB(O)OC1CC/C(=C/c1ccc(O)cc1)c1ccccc1. The van der Waals surface area contributed by atoms with Gasteiger partial charge in [0, 0.05) is 13.4 Å². The van der Waals surface area contributed by atoms with E-state index in [1.165, 1.54) is 0 Å². The Morgan fingerprint density at radius 3 is 2.62 bits per heavy atom. The van der Waals surface area contributed by atoms with E-state index in [9.17, 15) is 10.1 Å². The maximum absolute atomic E-state index is 9.99. The van der Waals surface area contributed by atoms with E-state index in [1.54, 1.807) is 19.2 Å². The van der Waals surface area contributed by atoms with Crippen molar-refractivity contribution >= 4 is 18.8 Å². The van der Waals surface area contributed by atoms with Crippen LogP contribution in [0.25, 0.3) is 11.6 Å². The fourth-order valence-electron chi connectivity index (χ4n) is 3.54. The number of benzene rings is 2. The maximum atomic E-state index is 9.99. The van der Waals surface area contributed by atoms with E-state index in [0.717, 1.165) is 34.3 Å². The first-order valence-electron chi connectivity index (χ1n) is 9.82. The third kappa shape index (κ3) is 5.94. The smallest absolute Gasteiger partial charge is 0.458 e. The lowest BCUT2D eigenvalue weighted by Gasteiger charge is -2.28. The van der Waals surface area contributed by atoms with Crippen LogP contribution in [0.2, 0.25) is 6.32 Å². The molecule has 29 heavy (non-hydrogen) atoms. The largest absolute Gasteiger partial charge is 0.508 e. The average Bonchev–Trinajstić information content (AvgIpc) is 2.73. The van der Waals surface area contributed by atoms with Gasteiger partial charge in [0.15, 0.2) is 0 Å². The molecule has 150 valence electrons. The molecule has 0 aromatic heterocycles. The van der Waals surface area contributed by atoms with Crippen LogP contribution < -0.4 is 0 Å². The lowest BCUT2D eigenvalue weighted by molar-refractivity contribution is 0.177. The minimum atomic E-state index is -0.791. The lowest BCUT2D eigenvalue weighted by atomic mass is 9.78. The van der Waals surface area contributed by atoms with Crippen LogP contribution in [0.3, 0.4) is 0 Å². The Bertz CT molecular complexity index is 872. The van der Waals surface area contributed by atoms with Crippen molar-refractivity contribution in [2.45, 2.75) is 25.3 Å².